The standard InChI is InChI=1S/C10H10.Y/c1-2-3-7-10-8-5-4-6-9-10;/h1-2,4-9H,3H2;/q-2;. The fourth-order valence-electron chi connectivity index (χ4n) is 0.793. The second kappa shape index (κ2) is 6.63. The van der Waals surface area contributed by atoms with Gasteiger partial charge >= 0.3 is 0 Å². The van der Waals surface area contributed by atoms with Gasteiger partial charge in [-0.15, -0.1) is 12.1 Å². The van der Waals surface area contributed by atoms with Crippen LogP contribution in [0.1, 0.15) is 12.0 Å². The van der Waals surface area contributed by atoms with E-state index in [2.05, 4.69) is 18.6 Å². The molecule has 11 heavy (non-hydrogen) atoms. The Kier molecular flexibility index (Phi) is 6.59. The molecule has 0 fully saturated rings. The van der Waals surface area contributed by atoms with Gasteiger partial charge in [-0.1, -0.05) is 12.5 Å². The Labute approximate surface area is 93.6 Å². The first kappa shape index (κ1) is 10.9. The molecule has 0 aromatic heterocycles. The van der Waals surface area contributed by atoms with E-state index in [1.54, 1.807) is 6.08 Å². The van der Waals surface area contributed by atoms with Crippen LogP contribution < -0.4 is 0 Å². The average Bonchev–Trinajstić information content (AvgIpc) is 2.03. The maximum atomic E-state index is 5.22. The summed E-state index contributed by atoms with van der Waals surface area (Å²) in [6.07, 6.45) is 4.57. The van der Waals surface area contributed by atoms with Gasteiger partial charge in [0.05, 0.1) is 0 Å². The summed E-state index contributed by atoms with van der Waals surface area (Å²) in [5.41, 5.74) is 1.23. The monoisotopic (exact) mass is 219 g/mol. The SMILES string of the molecule is [CH-]=CC[CH-]c1ccccc1.[Y]. The van der Waals surface area contributed by atoms with Crippen molar-refractivity contribution in [2.45, 2.75) is 6.42 Å². The molecule has 0 bridgehead atoms. The molecule has 0 amide bonds. The second-order valence-electron chi connectivity index (χ2n) is 2.09. The topological polar surface area (TPSA) is 0 Å². The molecule has 1 radical (unpaired) electrons. The fourth-order valence-corrected chi connectivity index (χ4v) is 0.793. The zero-order valence-corrected chi connectivity index (χ0v) is 9.24. The summed E-state index contributed by atoms with van der Waals surface area (Å²) in [5.74, 6) is 0. The molecule has 0 N–H and O–H groups in total. The zero-order chi connectivity index (χ0) is 7.23. The van der Waals surface area contributed by atoms with E-state index >= 15 is 0 Å². The second-order valence-corrected chi connectivity index (χ2v) is 2.09. The van der Waals surface area contributed by atoms with Gasteiger partial charge in [0.2, 0.25) is 0 Å². The summed E-state index contributed by atoms with van der Waals surface area (Å²) < 4.78 is 0. The van der Waals surface area contributed by atoms with Crippen molar-refractivity contribution in [3.63, 3.8) is 0 Å². The molecule has 0 aliphatic rings. The minimum Gasteiger partial charge on any atom is -0.519 e. The van der Waals surface area contributed by atoms with Crippen LogP contribution in [-0.2, 0) is 32.7 Å². The first-order valence-electron chi connectivity index (χ1n) is 3.35. The number of allylic oxidation sites excluding steroid dienone is 1. The van der Waals surface area contributed by atoms with E-state index in [-0.39, 0.29) is 32.7 Å². The Morgan fingerprint density at radius 2 is 1.91 bits per heavy atom. The molecule has 0 atom stereocenters. The van der Waals surface area contributed by atoms with Crippen LogP contribution in [0.5, 0.6) is 0 Å². The van der Waals surface area contributed by atoms with E-state index in [1.165, 1.54) is 5.56 Å². The van der Waals surface area contributed by atoms with Crippen molar-refractivity contribution in [2.24, 2.45) is 0 Å². The maximum Gasteiger partial charge on any atom is 0 e. The molecule has 0 nitrogen and oxygen atoms in total. The molecule has 0 heterocycles. The van der Waals surface area contributed by atoms with Crippen LogP contribution in [0.15, 0.2) is 36.4 Å². The van der Waals surface area contributed by atoms with Crippen molar-refractivity contribution in [3.05, 3.63) is 55.0 Å². The summed E-state index contributed by atoms with van der Waals surface area (Å²) in [6, 6.07) is 10.2. The van der Waals surface area contributed by atoms with E-state index in [1.807, 2.05) is 18.2 Å². The Hall–Kier alpha value is -0.0661. The third kappa shape index (κ3) is 4.39. The van der Waals surface area contributed by atoms with E-state index in [0.717, 1.165) is 6.42 Å². The molecule has 0 saturated carbocycles. The van der Waals surface area contributed by atoms with E-state index < -0.39 is 0 Å². The van der Waals surface area contributed by atoms with Gasteiger partial charge in [-0.25, -0.2) is 0 Å². The number of hydrogen-bond donors (Lipinski definition) is 0. The Balaban J connectivity index is 0.000001000. The molecular weight excluding hydrogens is 209 g/mol. The van der Waals surface area contributed by atoms with Crippen molar-refractivity contribution in [3.8, 4) is 0 Å². The number of benzene rings is 1. The molecule has 0 saturated heterocycles. The Bertz CT molecular complexity index is 191. The van der Waals surface area contributed by atoms with Crippen molar-refractivity contribution in [1.29, 1.82) is 0 Å². The van der Waals surface area contributed by atoms with Gasteiger partial charge in [0.1, 0.15) is 0 Å². The molecule has 0 aliphatic carbocycles. The Morgan fingerprint density at radius 3 is 2.45 bits per heavy atom. The van der Waals surface area contributed by atoms with Gasteiger partial charge in [0.25, 0.3) is 0 Å². The minimum absolute atomic E-state index is 0. The molecule has 0 aliphatic heterocycles. The quantitative estimate of drug-likeness (QED) is 0.685. The first-order chi connectivity index (χ1) is 4.93. The minimum atomic E-state index is 0. The fraction of sp³-hybridized carbons (Fsp3) is 0.100. The molecular formula is C10H10Y-2. The third-order valence-electron chi connectivity index (χ3n) is 1.29. The van der Waals surface area contributed by atoms with Crippen molar-refractivity contribution < 1.29 is 32.7 Å². The van der Waals surface area contributed by atoms with Crippen LogP contribution in [0.4, 0.5) is 0 Å². The van der Waals surface area contributed by atoms with Crippen LogP contribution in [0.25, 0.3) is 0 Å². The molecule has 1 heteroatoms. The third-order valence-corrected chi connectivity index (χ3v) is 1.29. The summed E-state index contributed by atoms with van der Waals surface area (Å²) >= 11 is 0. The maximum absolute atomic E-state index is 5.22. The van der Waals surface area contributed by atoms with Gasteiger partial charge < -0.3 is 6.58 Å². The first-order valence-corrected chi connectivity index (χ1v) is 3.35. The van der Waals surface area contributed by atoms with Crippen molar-refractivity contribution in [1.82, 2.24) is 0 Å². The van der Waals surface area contributed by atoms with Gasteiger partial charge in [-0.05, 0) is 0 Å². The molecule has 1 aromatic rings. The van der Waals surface area contributed by atoms with Crippen LogP contribution >= 0.6 is 0 Å². The summed E-state index contributed by atoms with van der Waals surface area (Å²) in [7, 11) is 0. The van der Waals surface area contributed by atoms with Crippen molar-refractivity contribution >= 4 is 0 Å². The average molecular weight is 219 g/mol. The van der Waals surface area contributed by atoms with Crippen LogP contribution in [-0.4, -0.2) is 0 Å². The molecule has 1 rings (SSSR count). The normalized spacial score (nSPS) is 8.00. The van der Waals surface area contributed by atoms with E-state index in [4.69, 9.17) is 6.58 Å². The largest absolute Gasteiger partial charge is 0.519 e. The predicted molar refractivity (Wildman–Crippen MR) is 43.3 cm³/mol. The van der Waals surface area contributed by atoms with E-state index in [0.29, 0.717) is 0 Å². The van der Waals surface area contributed by atoms with E-state index in [9.17, 15) is 0 Å². The Morgan fingerprint density at radius 1 is 1.27 bits per heavy atom. The molecule has 1 aromatic carbocycles. The van der Waals surface area contributed by atoms with Gasteiger partial charge in [-0.3, -0.25) is 6.08 Å². The summed E-state index contributed by atoms with van der Waals surface area (Å²) in [5, 5.41) is 0. The number of rotatable bonds is 3. The summed E-state index contributed by atoms with van der Waals surface area (Å²) in [4.78, 5) is 0. The summed E-state index contributed by atoms with van der Waals surface area (Å²) in [6.45, 7) is 5.22. The van der Waals surface area contributed by atoms with Gasteiger partial charge in [0, 0.05) is 32.7 Å². The van der Waals surface area contributed by atoms with Crippen LogP contribution in [0, 0.1) is 13.0 Å². The van der Waals surface area contributed by atoms with Crippen LogP contribution in [0.2, 0.25) is 0 Å². The van der Waals surface area contributed by atoms with Crippen LogP contribution in [0.3, 0.4) is 0 Å². The van der Waals surface area contributed by atoms with Gasteiger partial charge in [0.15, 0.2) is 0 Å². The smallest absolute Gasteiger partial charge is 0 e. The number of hydrogen-bond acceptors (Lipinski definition) is 0. The van der Waals surface area contributed by atoms with Gasteiger partial charge in [-0.2, -0.15) is 24.1 Å². The van der Waals surface area contributed by atoms with Crippen molar-refractivity contribution in [2.75, 3.05) is 0 Å². The molecule has 0 spiro atoms. The molecule has 55 valence electrons. The zero-order valence-electron chi connectivity index (χ0n) is 6.40. The predicted octanol–water partition coefficient (Wildman–Crippen LogP) is 2.62. The molecule has 0 unspecified atom stereocenters.